The Morgan fingerprint density at radius 2 is 1.69 bits per heavy atom. The summed E-state index contributed by atoms with van der Waals surface area (Å²) in [5.41, 5.74) is 0.420. The smallest absolute Gasteiger partial charge is 0.271 e. The van der Waals surface area contributed by atoms with Crippen molar-refractivity contribution in [3.8, 4) is 5.75 Å². The number of aromatic nitrogens is 2. The minimum absolute atomic E-state index is 0.178. The number of hydrogen-bond acceptors (Lipinski definition) is 4. The van der Waals surface area contributed by atoms with E-state index in [2.05, 4.69) is 15.7 Å². The van der Waals surface area contributed by atoms with Gasteiger partial charge in [0.25, 0.3) is 11.8 Å². The molecule has 0 bridgehead atoms. The molecule has 176 valence electrons. The molecule has 7 nitrogen and oxygen atoms in total. The fraction of sp³-hybridized carbons (Fsp3) is 0.542. The molecule has 0 unspecified atom stereocenters. The minimum Gasteiger partial charge on any atom is -0.493 e. The number of benzene rings is 1. The van der Waals surface area contributed by atoms with E-state index in [4.69, 9.17) is 16.3 Å². The van der Waals surface area contributed by atoms with Crippen LogP contribution >= 0.6 is 11.6 Å². The van der Waals surface area contributed by atoms with Gasteiger partial charge in [-0.25, -0.2) is 0 Å². The Labute approximate surface area is 195 Å². The van der Waals surface area contributed by atoms with E-state index < -0.39 is 0 Å². The van der Waals surface area contributed by atoms with Crippen LogP contribution in [0.25, 0.3) is 0 Å². The standard InChI is InChI=1S/C24H35ClN4O3/c1-16(2)14-26-22(30)19-13-18(25)7-8-21(19)32-12-10-24(5,6)29-11-9-20(28-29)23(31)27-15-17(3)4/h7-9,11,13,16-17H,10,12,14-15H2,1-6H3,(H,26,30)(H,27,31). The van der Waals surface area contributed by atoms with E-state index in [1.54, 1.807) is 35.1 Å². The Balaban J connectivity index is 2.01. The number of hydrogen-bond donors (Lipinski definition) is 2. The summed E-state index contributed by atoms with van der Waals surface area (Å²) in [5, 5.41) is 10.7. The predicted octanol–water partition coefficient (Wildman–Crippen LogP) is 4.51. The second kappa shape index (κ2) is 11.4. The average molecular weight is 463 g/mol. The monoisotopic (exact) mass is 462 g/mol. The van der Waals surface area contributed by atoms with Crippen LogP contribution in [0.5, 0.6) is 5.75 Å². The van der Waals surface area contributed by atoms with Gasteiger partial charge in [-0.05, 0) is 49.9 Å². The van der Waals surface area contributed by atoms with Gasteiger partial charge in [-0.15, -0.1) is 0 Å². The second-order valence-electron chi connectivity index (χ2n) is 9.40. The molecule has 8 heteroatoms. The minimum atomic E-state index is -0.386. The van der Waals surface area contributed by atoms with Gasteiger partial charge in [-0.1, -0.05) is 39.3 Å². The number of nitrogens with zero attached hydrogens (tertiary/aromatic N) is 2. The molecule has 1 aromatic heterocycles. The number of carbonyl (C=O) groups excluding carboxylic acids is 2. The van der Waals surface area contributed by atoms with Crippen molar-refractivity contribution in [1.82, 2.24) is 20.4 Å². The summed E-state index contributed by atoms with van der Waals surface area (Å²) in [4.78, 5) is 24.8. The van der Waals surface area contributed by atoms with Gasteiger partial charge in [0.2, 0.25) is 0 Å². The highest BCUT2D eigenvalue weighted by Crippen LogP contribution is 2.25. The Morgan fingerprint density at radius 1 is 1.06 bits per heavy atom. The van der Waals surface area contributed by atoms with Gasteiger partial charge in [0.1, 0.15) is 11.4 Å². The van der Waals surface area contributed by atoms with Crippen molar-refractivity contribution in [1.29, 1.82) is 0 Å². The van der Waals surface area contributed by atoms with Crippen LogP contribution in [0, 0.1) is 11.8 Å². The largest absolute Gasteiger partial charge is 0.493 e. The molecule has 2 amide bonds. The highest BCUT2D eigenvalue weighted by Gasteiger charge is 2.23. The molecule has 0 radical (unpaired) electrons. The summed E-state index contributed by atoms with van der Waals surface area (Å²) >= 11 is 6.10. The first-order valence-electron chi connectivity index (χ1n) is 11.0. The first kappa shape index (κ1) is 25.7. The van der Waals surface area contributed by atoms with Crippen LogP contribution in [0.15, 0.2) is 30.5 Å². The van der Waals surface area contributed by atoms with Crippen LogP contribution < -0.4 is 15.4 Å². The zero-order valence-corrected chi connectivity index (χ0v) is 20.6. The van der Waals surface area contributed by atoms with Crippen LogP contribution in [0.2, 0.25) is 5.02 Å². The molecule has 2 N–H and O–H groups in total. The first-order chi connectivity index (χ1) is 15.0. The van der Waals surface area contributed by atoms with Crippen LogP contribution in [0.4, 0.5) is 0 Å². The van der Waals surface area contributed by atoms with Gasteiger partial charge in [0.05, 0.1) is 17.7 Å². The van der Waals surface area contributed by atoms with Crippen molar-refractivity contribution >= 4 is 23.4 Å². The number of amides is 2. The van der Waals surface area contributed by atoms with Crippen LogP contribution in [0.1, 0.15) is 68.8 Å². The third-order valence-electron chi connectivity index (χ3n) is 4.94. The Kier molecular flexibility index (Phi) is 9.13. The summed E-state index contributed by atoms with van der Waals surface area (Å²) < 4.78 is 7.73. The molecule has 0 saturated heterocycles. The van der Waals surface area contributed by atoms with Gasteiger partial charge in [-0.3, -0.25) is 14.3 Å². The molecule has 1 aromatic carbocycles. The summed E-state index contributed by atoms with van der Waals surface area (Å²) in [7, 11) is 0. The van der Waals surface area contributed by atoms with E-state index in [9.17, 15) is 9.59 Å². The lowest BCUT2D eigenvalue weighted by atomic mass is 10.0. The van der Waals surface area contributed by atoms with Crippen LogP contribution in [0.3, 0.4) is 0 Å². The molecular formula is C24H35ClN4O3. The molecular weight excluding hydrogens is 428 g/mol. The normalized spacial score (nSPS) is 11.7. The molecule has 1 heterocycles. The van der Waals surface area contributed by atoms with Crippen molar-refractivity contribution in [3.63, 3.8) is 0 Å². The maximum absolute atomic E-state index is 12.6. The molecule has 0 aliphatic carbocycles. The van der Waals surface area contributed by atoms with E-state index in [0.29, 0.717) is 60.0 Å². The average Bonchev–Trinajstić information content (AvgIpc) is 3.22. The lowest BCUT2D eigenvalue weighted by Gasteiger charge is -2.25. The third kappa shape index (κ3) is 7.55. The number of ether oxygens (including phenoxy) is 1. The summed E-state index contributed by atoms with van der Waals surface area (Å²) in [6.45, 7) is 13.8. The topological polar surface area (TPSA) is 85.2 Å². The molecule has 0 aliphatic rings. The Hall–Kier alpha value is -2.54. The summed E-state index contributed by atoms with van der Waals surface area (Å²) in [6, 6.07) is 6.75. The van der Waals surface area contributed by atoms with Gasteiger partial charge in [-0.2, -0.15) is 5.10 Å². The quantitative estimate of drug-likeness (QED) is 0.514. The van der Waals surface area contributed by atoms with Crippen molar-refractivity contribution in [3.05, 3.63) is 46.7 Å². The summed E-state index contributed by atoms with van der Waals surface area (Å²) in [5.74, 6) is 0.817. The van der Waals surface area contributed by atoms with Gasteiger partial charge in [0, 0.05) is 30.7 Å². The maximum Gasteiger partial charge on any atom is 0.271 e. The van der Waals surface area contributed by atoms with Gasteiger partial charge >= 0.3 is 0 Å². The zero-order valence-electron chi connectivity index (χ0n) is 19.9. The van der Waals surface area contributed by atoms with Crippen molar-refractivity contribution in [2.45, 2.75) is 53.5 Å². The fourth-order valence-corrected chi connectivity index (χ4v) is 3.06. The molecule has 2 aromatic rings. The Morgan fingerprint density at radius 3 is 2.31 bits per heavy atom. The fourth-order valence-electron chi connectivity index (χ4n) is 2.89. The molecule has 0 aliphatic heterocycles. The maximum atomic E-state index is 12.6. The van der Waals surface area contributed by atoms with Crippen molar-refractivity contribution in [2.75, 3.05) is 19.7 Å². The SMILES string of the molecule is CC(C)CNC(=O)c1ccn(C(C)(C)CCOc2ccc(Cl)cc2C(=O)NCC(C)C)n1. The predicted molar refractivity (Wildman–Crippen MR) is 127 cm³/mol. The lowest BCUT2D eigenvalue weighted by molar-refractivity contribution is 0.0936. The van der Waals surface area contributed by atoms with Crippen LogP contribution in [-0.2, 0) is 5.54 Å². The highest BCUT2D eigenvalue weighted by atomic mass is 35.5. The summed E-state index contributed by atoms with van der Waals surface area (Å²) in [6.07, 6.45) is 2.43. The van der Waals surface area contributed by atoms with E-state index in [0.717, 1.165) is 0 Å². The van der Waals surface area contributed by atoms with Crippen LogP contribution in [-0.4, -0.2) is 41.3 Å². The van der Waals surface area contributed by atoms with Gasteiger partial charge < -0.3 is 15.4 Å². The second-order valence-corrected chi connectivity index (χ2v) is 9.84. The van der Waals surface area contributed by atoms with E-state index in [-0.39, 0.29) is 17.4 Å². The molecule has 2 rings (SSSR count). The van der Waals surface area contributed by atoms with E-state index in [1.165, 1.54) is 0 Å². The highest BCUT2D eigenvalue weighted by molar-refractivity contribution is 6.31. The number of carbonyl (C=O) groups is 2. The van der Waals surface area contributed by atoms with Crippen molar-refractivity contribution in [2.24, 2.45) is 11.8 Å². The molecule has 0 saturated carbocycles. The van der Waals surface area contributed by atoms with E-state index >= 15 is 0 Å². The lowest BCUT2D eigenvalue weighted by Crippen LogP contribution is -2.31. The molecule has 0 spiro atoms. The number of nitrogens with one attached hydrogen (secondary N) is 2. The molecule has 0 atom stereocenters. The number of rotatable bonds is 11. The third-order valence-corrected chi connectivity index (χ3v) is 5.18. The first-order valence-corrected chi connectivity index (χ1v) is 11.4. The van der Waals surface area contributed by atoms with E-state index in [1.807, 2.05) is 41.5 Å². The van der Waals surface area contributed by atoms with Gasteiger partial charge in [0.15, 0.2) is 0 Å². The molecule has 32 heavy (non-hydrogen) atoms. The zero-order chi connectivity index (χ0) is 23.9. The molecule has 0 fully saturated rings. The van der Waals surface area contributed by atoms with Crippen molar-refractivity contribution < 1.29 is 14.3 Å². The number of halogens is 1. The Bertz CT molecular complexity index is 922.